The number of hydrogen-bond acceptors (Lipinski definition) is 2. The third-order valence-corrected chi connectivity index (χ3v) is 3.47. The van der Waals surface area contributed by atoms with E-state index in [1.165, 1.54) is 0 Å². The highest BCUT2D eigenvalue weighted by atomic mass is 16.1. The Labute approximate surface area is 113 Å². The van der Waals surface area contributed by atoms with Crippen molar-refractivity contribution in [2.75, 3.05) is 0 Å². The summed E-state index contributed by atoms with van der Waals surface area (Å²) in [6.07, 6.45) is 6.68. The van der Waals surface area contributed by atoms with Gasteiger partial charge in [-0.3, -0.25) is 13.8 Å². The Balaban J connectivity index is 2.18. The monoisotopic (exact) mass is 262 g/mol. The lowest BCUT2D eigenvalue weighted by atomic mass is 10.3. The molecule has 0 bridgehead atoms. The predicted molar refractivity (Wildman–Crippen MR) is 75.4 cm³/mol. The lowest BCUT2D eigenvalue weighted by Gasteiger charge is -2.08. The first-order valence-electron chi connectivity index (χ1n) is 6.84. The normalized spacial score (nSPS) is 13.1. The number of aromatic nitrogens is 4. The average Bonchev–Trinajstić information content (AvgIpc) is 2.97. The number of hydrogen-bond donors (Lipinski definition) is 0. The van der Waals surface area contributed by atoms with Gasteiger partial charge in [-0.15, -0.1) is 0 Å². The third-order valence-electron chi connectivity index (χ3n) is 3.47. The van der Waals surface area contributed by atoms with Gasteiger partial charge in [0.15, 0.2) is 0 Å². The molecule has 2 aromatic heterocycles. The fraction of sp³-hybridized carbons (Fsp3) is 0.571. The van der Waals surface area contributed by atoms with Crippen molar-refractivity contribution in [3.8, 4) is 0 Å². The molecular formula is C14H22N4O. The van der Waals surface area contributed by atoms with Crippen LogP contribution in [0.5, 0.6) is 0 Å². The van der Waals surface area contributed by atoms with Crippen molar-refractivity contribution in [2.45, 2.75) is 52.7 Å². The Morgan fingerprint density at radius 2 is 1.95 bits per heavy atom. The van der Waals surface area contributed by atoms with Gasteiger partial charge in [0.25, 0.3) is 0 Å². The summed E-state index contributed by atoms with van der Waals surface area (Å²) in [5.74, 6) is 0. The molecule has 5 heteroatoms. The van der Waals surface area contributed by atoms with E-state index in [2.05, 4.69) is 18.9 Å². The molecule has 2 rings (SSSR count). The van der Waals surface area contributed by atoms with E-state index in [0.29, 0.717) is 12.6 Å². The Kier molecular flexibility index (Phi) is 3.93. The molecule has 2 aromatic rings. The van der Waals surface area contributed by atoms with Crippen LogP contribution in [0.1, 0.15) is 51.9 Å². The lowest BCUT2D eigenvalue weighted by Crippen LogP contribution is -2.25. The van der Waals surface area contributed by atoms with Gasteiger partial charge in [0.05, 0.1) is 12.2 Å². The maximum Gasteiger partial charge on any atom is 0.328 e. The minimum atomic E-state index is 0.0214. The molecule has 0 aliphatic heterocycles. The van der Waals surface area contributed by atoms with Crippen LogP contribution in [0.3, 0.4) is 0 Å². The second-order valence-corrected chi connectivity index (χ2v) is 5.25. The highest BCUT2D eigenvalue weighted by molar-refractivity contribution is 5.01. The zero-order valence-corrected chi connectivity index (χ0v) is 12.1. The number of nitrogens with zero attached hydrogens (tertiary/aromatic N) is 4. The molecule has 5 nitrogen and oxygen atoms in total. The molecule has 0 fully saturated rings. The summed E-state index contributed by atoms with van der Waals surface area (Å²) in [5, 5.41) is 4.52. The van der Waals surface area contributed by atoms with Crippen LogP contribution in [-0.2, 0) is 6.54 Å². The SMILES string of the molecule is CCC(C)n1ccc(Cn2ccn(C(C)C)c2=O)n1. The zero-order valence-electron chi connectivity index (χ0n) is 12.1. The topological polar surface area (TPSA) is 44.8 Å². The van der Waals surface area contributed by atoms with Crippen molar-refractivity contribution in [1.29, 1.82) is 0 Å². The highest BCUT2D eigenvalue weighted by Gasteiger charge is 2.09. The molecule has 0 aliphatic rings. The van der Waals surface area contributed by atoms with Crippen LogP contribution in [0.2, 0.25) is 0 Å². The van der Waals surface area contributed by atoms with Crippen LogP contribution < -0.4 is 5.69 Å². The van der Waals surface area contributed by atoms with E-state index in [1.807, 2.05) is 43.2 Å². The Hall–Kier alpha value is -1.78. The van der Waals surface area contributed by atoms with Gasteiger partial charge in [0, 0.05) is 30.7 Å². The van der Waals surface area contributed by atoms with Crippen molar-refractivity contribution in [1.82, 2.24) is 18.9 Å². The Bertz CT molecular complexity index is 591. The van der Waals surface area contributed by atoms with Gasteiger partial charge >= 0.3 is 5.69 Å². The minimum absolute atomic E-state index is 0.0214. The Morgan fingerprint density at radius 3 is 2.53 bits per heavy atom. The van der Waals surface area contributed by atoms with Gasteiger partial charge in [0.2, 0.25) is 0 Å². The van der Waals surface area contributed by atoms with Crippen LogP contribution >= 0.6 is 0 Å². The standard InChI is InChI=1S/C14H22N4O/c1-5-12(4)18-7-6-13(15-18)10-16-8-9-17(11(2)3)14(16)19/h6-9,11-12H,5,10H2,1-4H3. The second-order valence-electron chi connectivity index (χ2n) is 5.25. The highest BCUT2D eigenvalue weighted by Crippen LogP contribution is 2.09. The summed E-state index contributed by atoms with van der Waals surface area (Å²) < 4.78 is 5.38. The molecule has 0 N–H and O–H groups in total. The molecule has 1 unspecified atom stereocenters. The molecule has 0 aromatic carbocycles. The molecule has 19 heavy (non-hydrogen) atoms. The molecule has 0 radical (unpaired) electrons. The van der Waals surface area contributed by atoms with Gasteiger partial charge in [-0.05, 0) is 33.3 Å². The fourth-order valence-electron chi connectivity index (χ4n) is 2.01. The van der Waals surface area contributed by atoms with Crippen molar-refractivity contribution < 1.29 is 0 Å². The van der Waals surface area contributed by atoms with Crippen molar-refractivity contribution >= 4 is 0 Å². The molecule has 1 atom stereocenters. The minimum Gasteiger partial charge on any atom is -0.297 e. The van der Waals surface area contributed by atoms with Crippen LogP contribution in [0.15, 0.2) is 29.5 Å². The van der Waals surface area contributed by atoms with E-state index in [4.69, 9.17) is 0 Å². The van der Waals surface area contributed by atoms with E-state index in [-0.39, 0.29) is 11.7 Å². The largest absolute Gasteiger partial charge is 0.328 e. The summed E-state index contributed by atoms with van der Waals surface area (Å²) in [7, 11) is 0. The first kappa shape index (κ1) is 13.6. The molecular weight excluding hydrogens is 240 g/mol. The van der Waals surface area contributed by atoms with Crippen molar-refractivity contribution in [2.24, 2.45) is 0 Å². The molecule has 0 spiro atoms. The lowest BCUT2D eigenvalue weighted by molar-refractivity contribution is 0.471. The van der Waals surface area contributed by atoms with Crippen LogP contribution in [-0.4, -0.2) is 18.9 Å². The first-order chi connectivity index (χ1) is 9.02. The van der Waals surface area contributed by atoms with Crippen molar-refractivity contribution in [3.63, 3.8) is 0 Å². The number of rotatable bonds is 5. The van der Waals surface area contributed by atoms with Gasteiger partial charge in [0.1, 0.15) is 0 Å². The van der Waals surface area contributed by atoms with Crippen LogP contribution in [0, 0.1) is 0 Å². The van der Waals surface area contributed by atoms with E-state index in [1.54, 1.807) is 9.13 Å². The average molecular weight is 262 g/mol. The van der Waals surface area contributed by atoms with Gasteiger partial charge < -0.3 is 0 Å². The molecule has 0 saturated heterocycles. The fourth-order valence-corrected chi connectivity index (χ4v) is 2.01. The van der Waals surface area contributed by atoms with Crippen LogP contribution in [0.4, 0.5) is 0 Å². The van der Waals surface area contributed by atoms with E-state index >= 15 is 0 Å². The summed E-state index contributed by atoms with van der Waals surface area (Å²) in [6.45, 7) is 8.81. The van der Waals surface area contributed by atoms with Gasteiger partial charge in [-0.2, -0.15) is 5.10 Å². The molecule has 0 saturated carbocycles. The van der Waals surface area contributed by atoms with E-state index < -0.39 is 0 Å². The Morgan fingerprint density at radius 1 is 1.21 bits per heavy atom. The molecule has 0 aliphatic carbocycles. The quantitative estimate of drug-likeness (QED) is 0.830. The molecule has 104 valence electrons. The molecule has 2 heterocycles. The maximum absolute atomic E-state index is 12.1. The van der Waals surface area contributed by atoms with E-state index in [9.17, 15) is 4.79 Å². The van der Waals surface area contributed by atoms with Crippen LogP contribution in [0.25, 0.3) is 0 Å². The van der Waals surface area contributed by atoms with Gasteiger partial charge in [-0.1, -0.05) is 6.92 Å². The smallest absolute Gasteiger partial charge is 0.297 e. The zero-order chi connectivity index (χ0) is 14.0. The van der Waals surface area contributed by atoms with Gasteiger partial charge in [-0.25, -0.2) is 4.79 Å². The summed E-state index contributed by atoms with van der Waals surface area (Å²) in [4.78, 5) is 12.1. The maximum atomic E-state index is 12.1. The molecule has 0 amide bonds. The number of imidazole rings is 1. The predicted octanol–water partition coefficient (Wildman–Crippen LogP) is 2.45. The summed E-state index contributed by atoms with van der Waals surface area (Å²) in [6, 6.07) is 2.56. The summed E-state index contributed by atoms with van der Waals surface area (Å²) >= 11 is 0. The first-order valence-corrected chi connectivity index (χ1v) is 6.84. The third kappa shape index (κ3) is 2.80. The van der Waals surface area contributed by atoms with E-state index in [0.717, 1.165) is 12.1 Å². The van der Waals surface area contributed by atoms with Crippen molar-refractivity contribution in [3.05, 3.63) is 40.8 Å². The summed E-state index contributed by atoms with van der Waals surface area (Å²) in [5.41, 5.74) is 0.942. The second kappa shape index (κ2) is 5.47.